The van der Waals surface area contributed by atoms with Crippen LogP contribution in [0, 0.1) is 5.82 Å². The number of rotatable bonds is 7. The second-order valence-electron chi connectivity index (χ2n) is 7.78. The highest BCUT2D eigenvalue weighted by molar-refractivity contribution is 7.80. The molecule has 3 aromatic carbocycles. The zero-order valence-corrected chi connectivity index (χ0v) is 18.4. The number of aromatic hydroxyl groups is 1. The minimum atomic E-state index is -0.734. The van der Waals surface area contributed by atoms with Gasteiger partial charge in [-0.2, -0.15) is 0 Å². The molecule has 0 spiro atoms. The van der Waals surface area contributed by atoms with Crippen molar-refractivity contribution in [3.63, 3.8) is 0 Å². The van der Waals surface area contributed by atoms with Gasteiger partial charge in [-0.1, -0.05) is 30.3 Å². The highest BCUT2D eigenvalue weighted by Crippen LogP contribution is 2.41. The van der Waals surface area contributed by atoms with Gasteiger partial charge in [-0.15, -0.1) is 0 Å². The first-order valence-electron chi connectivity index (χ1n) is 10.4. The highest BCUT2D eigenvalue weighted by atomic mass is 32.1. The number of ether oxygens (including phenoxy) is 1. The van der Waals surface area contributed by atoms with Gasteiger partial charge in [0.1, 0.15) is 17.3 Å². The van der Waals surface area contributed by atoms with Crippen molar-refractivity contribution in [3.8, 4) is 11.5 Å². The monoisotopic (exact) mass is 452 g/mol. The largest absolute Gasteiger partial charge is 0.507 e. The number of benzene rings is 3. The summed E-state index contributed by atoms with van der Waals surface area (Å²) in [5.74, 6) is 0.345. The number of aliphatic hydroxyl groups excluding tert-OH is 1. The molecule has 0 saturated carbocycles. The van der Waals surface area contributed by atoms with Gasteiger partial charge in [0, 0.05) is 17.3 Å². The molecule has 7 heteroatoms. The summed E-state index contributed by atoms with van der Waals surface area (Å²) in [4.78, 5) is 1.99. The maximum absolute atomic E-state index is 13.2. The van der Waals surface area contributed by atoms with Crippen LogP contribution >= 0.6 is 12.2 Å². The lowest BCUT2D eigenvalue weighted by molar-refractivity contribution is 0.159. The Morgan fingerprint density at radius 3 is 2.47 bits per heavy atom. The van der Waals surface area contributed by atoms with Crippen LogP contribution in [0.4, 0.5) is 10.1 Å². The maximum Gasteiger partial charge on any atom is 0.174 e. The fourth-order valence-electron chi connectivity index (χ4n) is 4.16. The van der Waals surface area contributed by atoms with E-state index < -0.39 is 6.10 Å². The van der Waals surface area contributed by atoms with Crippen LogP contribution in [-0.2, 0) is 0 Å². The summed E-state index contributed by atoms with van der Waals surface area (Å²) >= 11 is 5.66. The second kappa shape index (κ2) is 9.54. The third-order valence-electron chi connectivity index (χ3n) is 5.78. The van der Waals surface area contributed by atoms with Gasteiger partial charge in [-0.3, -0.25) is 0 Å². The molecular weight excluding hydrogens is 427 g/mol. The minimum absolute atomic E-state index is 0.117. The molecule has 32 heavy (non-hydrogen) atoms. The minimum Gasteiger partial charge on any atom is -0.507 e. The lowest BCUT2D eigenvalue weighted by Gasteiger charge is -2.29. The molecular formula is C25H25FN2O3S. The number of hydrogen-bond donors (Lipinski definition) is 3. The van der Waals surface area contributed by atoms with Gasteiger partial charge in [0.25, 0.3) is 0 Å². The summed E-state index contributed by atoms with van der Waals surface area (Å²) in [5, 5.41) is 25.3. The second-order valence-corrected chi connectivity index (χ2v) is 8.16. The maximum atomic E-state index is 13.2. The van der Waals surface area contributed by atoms with E-state index in [9.17, 15) is 14.6 Å². The fraction of sp³-hybridized carbons (Fsp3) is 0.240. The molecule has 4 rings (SSSR count). The van der Waals surface area contributed by atoms with E-state index in [0.717, 1.165) is 5.69 Å². The normalized spacial score (nSPS) is 19.0. The first-order chi connectivity index (χ1) is 15.5. The number of aliphatic hydroxyl groups is 1. The van der Waals surface area contributed by atoms with Crippen molar-refractivity contribution in [2.24, 2.45) is 0 Å². The Morgan fingerprint density at radius 1 is 1.09 bits per heavy atom. The van der Waals surface area contributed by atoms with E-state index in [-0.39, 0.29) is 23.7 Å². The van der Waals surface area contributed by atoms with Crippen molar-refractivity contribution < 1.29 is 19.3 Å². The number of thiocarbonyl (C=S) groups is 1. The van der Waals surface area contributed by atoms with E-state index in [2.05, 4.69) is 5.32 Å². The Kier molecular flexibility index (Phi) is 6.58. The average Bonchev–Trinajstić information content (AvgIpc) is 3.14. The molecule has 1 unspecified atom stereocenters. The summed E-state index contributed by atoms with van der Waals surface area (Å²) in [5.41, 5.74) is 2.28. The van der Waals surface area contributed by atoms with Crippen molar-refractivity contribution >= 4 is 23.0 Å². The van der Waals surface area contributed by atoms with E-state index in [1.807, 2.05) is 47.4 Å². The first kappa shape index (κ1) is 22.0. The van der Waals surface area contributed by atoms with E-state index in [4.69, 9.17) is 17.0 Å². The van der Waals surface area contributed by atoms with Crippen LogP contribution in [0.15, 0.2) is 72.8 Å². The fourth-order valence-corrected chi connectivity index (χ4v) is 4.53. The third-order valence-corrected chi connectivity index (χ3v) is 6.10. The summed E-state index contributed by atoms with van der Waals surface area (Å²) in [7, 11) is 1.55. The van der Waals surface area contributed by atoms with Crippen LogP contribution < -0.4 is 15.0 Å². The van der Waals surface area contributed by atoms with Crippen LogP contribution in [0.3, 0.4) is 0 Å². The topological polar surface area (TPSA) is 65.0 Å². The molecule has 1 saturated heterocycles. The van der Waals surface area contributed by atoms with Crippen LogP contribution in [0.2, 0.25) is 0 Å². The van der Waals surface area contributed by atoms with Gasteiger partial charge >= 0.3 is 0 Å². The number of nitrogens with zero attached hydrogens (tertiary/aromatic N) is 1. The Bertz CT molecular complexity index is 1080. The average molecular weight is 453 g/mol. The molecule has 0 aromatic heterocycles. The van der Waals surface area contributed by atoms with Crippen LogP contribution in [0.1, 0.15) is 36.1 Å². The molecule has 5 nitrogen and oxygen atoms in total. The van der Waals surface area contributed by atoms with E-state index in [1.54, 1.807) is 25.3 Å². The van der Waals surface area contributed by atoms with Gasteiger partial charge in [0.2, 0.25) is 0 Å². The van der Waals surface area contributed by atoms with Crippen molar-refractivity contribution in [3.05, 3.63) is 89.7 Å². The molecule has 0 radical (unpaired) electrons. The molecule has 0 bridgehead atoms. The van der Waals surface area contributed by atoms with Crippen LogP contribution in [-0.4, -0.2) is 28.5 Å². The number of hydrogen-bond acceptors (Lipinski definition) is 4. The summed E-state index contributed by atoms with van der Waals surface area (Å²) in [6, 6.07) is 20.4. The molecule has 3 aromatic rings. The van der Waals surface area contributed by atoms with Gasteiger partial charge in [-0.25, -0.2) is 4.39 Å². The number of anilines is 1. The predicted octanol–water partition coefficient (Wildman–Crippen LogP) is 4.86. The molecule has 166 valence electrons. The smallest absolute Gasteiger partial charge is 0.174 e. The Labute approximate surface area is 192 Å². The molecule has 1 heterocycles. The Balaban J connectivity index is 1.63. The number of halogens is 1. The number of phenolic OH excluding ortho intramolecular Hbond substituents is 1. The predicted molar refractivity (Wildman–Crippen MR) is 126 cm³/mol. The van der Waals surface area contributed by atoms with Crippen molar-refractivity contribution in [1.82, 2.24) is 5.32 Å². The van der Waals surface area contributed by atoms with Crippen LogP contribution in [0.5, 0.6) is 11.5 Å². The summed E-state index contributed by atoms with van der Waals surface area (Å²) in [6.45, 7) is 0. The van der Waals surface area contributed by atoms with Gasteiger partial charge in [-0.05, 0) is 67.0 Å². The number of methoxy groups -OCH3 is 1. The molecule has 1 fully saturated rings. The van der Waals surface area contributed by atoms with Gasteiger partial charge in [0.15, 0.2) is 5.11 Å². The highest BCUT2D eigenvalue weighted by Gasteiger charge is 2.40. The van der Waals surface area contributed by atoms with E-state index in [0.29, 0.717) is 34.8 Å². The summed E-state index contributed by atoms with van der Waals surface area (Å²) in [6.07, 6.45) is 0.294. The molecule has 1 aliphatic heterocycles. The lowest BCUT2D eigenvalue weighted by Crippen LogP contribution is -2.29. The quantitative estimate of drug-likeness (QED) is 0.445. The SMILES string of the molecule is COc1ccc([C@@H]2[C@H](CCC(O)c3ccc(F)cc3)NC(=S)N2c2ccccc2)c(O)c1. The molecule has 0 amide bonds. The molecule has 1 aliphatic rings. The molecule has 0 aliphatic carbocycles. The van der Waals surface area contributed by atoms with Crippen molar-refractivity contribution in [1.29, 1.82) is 0 Å². The third kappa shape index (κ3) is 4.54. The zero-order valence-electron chi connectivity index (χ0n) is 17.6. The number of para-hydroxylation sites is 1. The number of nitrogens with one attached hydrogen (secondary N) is 1. The molecule has 3 atom stereocenters. The van der Waals surface area contributed by atoms with Crippen molar-refractivity contribution in [2.75, 3.05) is 12.0 Å². The molecule has 3 N–H and O–H groups in total. The van der Waals surface area contributed by atoms with E-state index >= 15 is 0 Å². The number of phenols is 1. The standard InChI is InChI=1S/C25H25FN2O3S/c1-31-19-11-12-20(23(30)15-19)24-21(13-14-22(29)16-7-9-17(26)10-8-16)27-25(32)28(24)18-5-3-2-4-6-18/h2-12,15,21-22,24,29-30H,13-14H2,1H3,(H,27,32)/t21-,22?,24+/m0/s1. The Hall–Kier alpha value is -3.16. The van der Waals surface area contributed by atoms with E-state index in [1.165, 1.54) is 12.1 Å². The van der Waals surface area contributed by atoms with Gasteiger partial charge in [0.05, 0.1) is 25.3 Å². The van der Waals surface area contributed by atoms with Gasteiger partial charge < -0.3 is 25.2 Å². The van der Waals surface area contributed by atoms with Crippen LogP contribution in [0.25, 0.3) is 0 Å². The Morgan fingerprint density at radius 2 is 1.81 bits per heavy atom. The zero-order chi connectivity index (χ0) is 22.7. The lowest BCUT2D eigenvalue weighted by atomic mass is 9.92. The van der Waals surface area contributed by atoms with Crippen molar-refractivity contribution in [2.45, 2.75) is 31.0 Å². The first-order valence-corrected chi connectivity index (χ1v) is 10.8. The summed E-state index contributed by atoms with van der Waals surface area (Å²) < 4.78 is 18.4.